The zero-order valence-corrected chi connectivity index (χ0v) is 20.7. The number of amides is 1. The van der Waals surface area contributed by atoms with Gasteiger partial charge in [0.2, 0.25) is 5.88 Å². The topological polar surface area (TPSA) is 50.6 Å². The number of hydrogen-bond donors (Lipinski definition) is 0. The predicted octanol–water partition coefficient (Wildman–Crippen LogP) is 5.40. The molecule has 0 unspecified atom stereocenters. The van der Waals surface area contributed by atoms with E-state index in [2.05, 4.69) is 10.00 Å². The van der Waals surface area contributed by atoms with Crippen LogP contribution in [-0.4, -0.2) is 46.8 Å². The molecule has 0 aliphatic carbocycles. The van der Waals surface area contributed by atoms with Crippen LogP contribution in [0.2, 0.25) is 5.02 Å². The van der Waals surface area contributed by atoms with Crippen molar-refractivity contribution >= 4 is 23.2 Å². The van der Waals surface area contributed by atoms with Crippen molar-refractivity contribution in [3.05, 3.63) is 112 Å². The number of halogens is 3. The Labute approximate surface area is 218 Å². The average Bonchev–Trinajstić information content (AvgIpc) is 3.29. The van der Waals surface area contributed by atoms with Gasteiger partial charge in [-0.1, -0.05) is 41.9 Å². The molecule has 1 aliphatic rings. The number of ether oxygens (including phenoxy) is 1. The Balaban J connectivity index is 1.34. The lowest BCUT2D eigenvalue weighted by Crippen LogP contribution is -2.48. The predicted molar refractivity (Wildman–Crippen MR) is 138 cm³/mol. The summed E-state index contributed by atoms with van der Waals surface area (Å²) >= 11 is 6.14. The molecule has 0 saturated carbocycles. The maximum Gasteiger partial charge on any atom is 0.261 e. The molecule has 5 rings (SSSR count). The molecule has 1 fully saturated rings. The fourth-order valence-electron chi connectivity index (χ4n) is 4.35. The van der Waals surface area contributed by atoms with Crippen molar-refractivity contribution < 1.29 is 18.3 Å². The normalized spacial score (nSPS) is 13.6. The smallest absolute Gasteiger partial charge is 0.261 e. The van der Waals surface area contributed by atoms with Crippen LogP contribution in [-0.2, 0) is 13.2 Å². The molecule has 0 spiro atoms. The second-order valence-corrected chi connectivity index (χ2v) is 9.29. The molecule has 2 heterocycles. The van der Waals surface area contributed by atoms with Gasteiger partial charge in [0.15, 0.2) is 0 Å². The number of piperazine rings is 1. The molecule has 6 nitrogen and oxygen atoms in total. The molecule has 1 aliphatic heterocycles. The van der Waals surface area contributed by atoms with Crippen LogP contribution < -0.4 is 9.64 Å². The van der Waals surface area contributed by atoms with E-state index < -0.39 is 0 Å². The van der Waals surface area contributed by atoms with Gasteiger partial charge in [0.05, 0.1) is 6.54 Å². The van der Waals surface area contributed by atoms with Gasteiger partial charge in [-0.25, -0.2) is 8.78 Å². The van der Waals surface area contributed by atoms with E-state index in [9.17, 15) is 13.6 Å². The summed E-state index contributed by atoms with van der Waals surface area (Å²) in [7, 11) is 0. The summed E-state index contributed by atoms with van der Waals surface area (Å²) in [4.78, 5) is 17.5. The summed E-state index contributed by atoms with van der Waals surface area (Å²) in [5, 5.41) is 5.13. The lowest BCUT2D eigenvalue weighted by Gasteiger charge is -2.36. The lowest BCUT2D eigenvalue weighted by atomic mass is 10.2. The average molecular weight is 523 g/mol. The minimum atomic E-state index is -0.369. The monoisotopic (exact) mass is 522 g/mol. The first kappa shape index (κ1) is 24.8. The maximum atomic E-state index is 13.7. The van der Waals surface area contributed by atoms with Crippen molar-refractivity contribution in [1.82, 2.24) is 14.7 Å². The second kappa shape index (κ2) is 11.0. The first-order chi connectivity index (χ1) is 17.9. The summed E-state index contributed by atoms with van der Waals surface area (Å²) < 4.78 is 34.8. The highest BCUT2D eigenvalue weighted by Gasteiger charge is 2.27. The van der Waals surface area contributed by atoms with E-state index in [4.69, 9.17) is 16.3 Å². The van der Waals surface area contributed by atoms with Crippen LogP contribution in [0.3, 0.4) is 0 Å². The molecule has 1 amide bonds. The van der Waals surface area contributed by atoms with Crippen LogP contribution in [0.1, 0.15) is 21.5 Å². The SMILES string of the molecule is O=C(c1cn(Cc2cccc(F)c2)nc1OCc1cccc(F)c1)N1CCN(c2cccc(Cl)c2)CC1. The Morgan fingerprint density at radius 2 is 1.57 bits per heavy atom. The van der Waals surface area contributed by atoms with Gasteiger partial charge in [-0.05, 0) is 53.6 Å². The highest BCUT2D eigenvalue weighted by Crippen LogP contribution is 2.24. The Morgan fingerprint density at radius 1 is 0.892 bits per heavy atom. The molecular formula is C28H25ClF2N4O2. The van der Waals surface area contributed by atoms with E-state index in [1.54, 1.807) is 40.0 Å². The van der Waals surface area contributed by atoms with Gasteiger partial charge < -0.3 is 14.5 Å². The van der Waals surface area contributed by atoms with Crippen LogP contribution in [0.25, 0.3) is 0 Å². The summed E-state index contributed by atoms with van der Waals surface area (Å²) in [6.07, 6.45) is 1.62. The van der Waals surface area contributed by atoms with E-state index in [0.29, 0.717) is 47.9 Å². The third-order valence-electron chi connectivity index (χ3n) is 6.20. The number of rotatable bonds is 7. The van der Waals surface area contributed by atoms with Gasteiger partial charge in [0, 0.05) is 43.1 Å². The van der Waals surface area contributed by atoms with Crippen LogP contribution >= 0.6 is 11.6 Å². The van der Waals surface area contributed by atoms with E-state index in [1.165, 1.54) is 24.3 Å². The minimum Gasteiger partial charge on any atom is -0.471 e. The molecule has 190 valence electrons. The molecule has 37 heavy (non-hydrogen) atoms. The van der Waals surface area contributed by atoms with Crippen LogP contribution in [0.4, 0.5) is 14.5 Å². The van der Waals surface area contributed by atoms with Crippen molar-refractivity contribution in [3.63, 3.8) is 0 Å². The number of nitrogens with zero attached hydrogens (tertiary/aromatic N) is 4. The molecule has 1 aromatic heterocycles. The number of aromatic nitrogens is 2. The summed E-state index contributed by atoms with van der Waals surface area (Å²) in [6, 6.07) is 19.9. The Hall–Kier alpha value is -3.91. The summed E-state index contributed by atoms with van der Waals surface area (Å²) in [5.74, 6) is -0.763. The minimum absolute atomic E-state index is 0.0531. The van der Waals surface area contributed by atoms with Gasteiger partial charge in [-0.3, -0.25) is 9.48 Å². The summed E-state index contributed by atoms with van der Waals surface area (Å²) in [5.41, 5.74) is 2.65. The van der Waals surface area contributed by atoms with Crippen molar-refractivity contribution in [1.29, 1.82) is 0 Å². The lowest BCUT2D eigenvalue weighted by molar-refractivity contribution is 0.0741. The summed E-state index contributed by atoms with van der Waals surface area (Å²) in [6.45, 7) is 2.67. The Morgan fingerprint density at radius 3 is 2.27 bits per heavy atom. The molecule has 1 saturated heterocycles. The molecular weight excluding hydrogens is 498 g/mol. The molecule has 0 atom stereocenters. The molecule has 0 bridgehead atoms. The molecule has 4 aromatic rings. The molecule has 3 aromatic carbocycles. The zero-order valence-electron chi connectivity index (χ0n) is 20.0. The van der Waals surface area contributed by atoms with Crippen molar-refractivity contribution in [3.8, 4) is 5.88 Å². The second-order valence-electron chi connectivity index (χ2n) is 8.85. The van der Waals surface area contributed by atoms with Gasteiger partial charge >= 0.3 is 0 Å². The largest absolute Gasteiger partial charge is 0.471 e. The Kier molecular flexibility index (Phi) is 7.37. The van der Waals surface area contributed by atoms with E-state index in [1.807, 2.05) is 24.3 Å². The van der Waals surface area contributed by atoms with Crippen molar-refractivity contribution in [2.24, 2.45) is 0 Å². The van der Waals surface area contributed by atoms with Gasteiger partial charge in [-0.2, -0.15) is 0 Å². The highest BCUT2D eigenvalue weighted by atomic mass is 35.5. The molecule has 0 N–H and O–H groups in total. The maximum absolute atomic E-state index is 13.7. The first-order valence-electron chi connectivity index (χ1n) is 11.9. The number of carbonyl (C=O) groups is 1. The van der Waals surface area contributed by atoms with Crippen molar-refractivity contribution in [2.75, 3.05) is 31.1 Å². The van der Waals surface area contributed by atoms with Gasteiger partial charge in [0.1, 0.15) is 23.8 Å². The van der Waals surface area contributed by atoms with E-state index in [0.717, 1.165) is 5.69 Å². The fraction of sp³-hybridized carbons (Fsp3) is 0.214. The number of benzene rings is 3. The number of carbonyl (C=O) groups excluding carboxylic acids is 1. The first-order valence-corrected chi connectivity index (χ1v) is 12.3. The van der Waals surface area contributed by atoms with Crippen LogP contribution in [0.5, 0.6) is 5.88 Å². The number of anilines is 1. The van der Waals surface area contributed by atoms with Gasteiger partial charge in [-0.15, -0.1) is 5.10 Å². The third kappa shape index (κ3) is 6.09. The molecule has 9 heteroatoms. The third-order valence-corrected chi connectivity index (χ3v) is 6.43. The zero-order chi connectivity index (χ0) is 25.8. The fourth-order valence-corrected chi connectivity index (χ4v) is 4.53. The van der Waals surface area contributed by atoms with Crippen LogP contribution in [0, 0.1) is 11.6 Å². The standard InChI is InChI=1S/C28H25ClF2N4O2/c29-22-6-3-9-25(16-22)33-10-12-34(13-11-33)28(36)26-18-35(17-20-4-1-7-23(30)14-20)32-27(26)37-19-21-5-2-8-24(31)15-21/h1-9,14-16,18H,10-13,17,19H2. The highest BCUT2D eigenvalue weighted by molar-refractivity contribution is 6.30. The number of hydrogen-bond acceptors (Lipinski definition) is 4. The Bertz CT molecular complexity index is 1400. The molecule has 0 radical (unpaired) electrons. The van der Waals surface area contributed by atoms with Gasteiger partial charge in [0.25, 0.3) is 5.91 Å². The van der Waals surface area contributed by atoms with E-state index >= 15 is 0 Å². The quantitative estimate of drug-likeness (QED) is 0.326. The van der Waals surface area contributed by atoms with E-state index in [-0.39, 0.29) is 36.6 Å². The van der Waals surface area contributed by atoms with Crippen molar-refractivity contribution in [2.45, 2.75) is 13.2 Å². The van der Waals surface area contributed by atoms with Crippen LogP contribution in [0.15, 0.2) is 79.0 Å².